The zero-order chi connectivity index (χ0) is 24.3. The van der Waals surface area contributed by atoms with Crippen LogP contribution in [-0.4, -0.2) is 42.2 Å². The van der Waals surface area contributed by atoms with E-state index >= 15 is 0 Å². The van der Waals surface area contributed by atoms with Crippen LogP contribution in [0.1, 0.15) is 38.1 Å². The molecule has 0 aliphatic rings. The molecule has 1 aromatic heterocycles. The van der Waals surface area contributed by atoms with E-state index in [-0.39, 0.29) is 11.5 Å². The van der Waals surface area contributed by atoms with Gasteiger partial charge in [-0.05, 0) is 58.7 Å². The molecular formula is C23H23Br2N3O5. The SMILES string of the molecule is COC(=O)[C@@H](C)Oc1c(Br)cc(C=Nn2c(C(C)C)nc3ccc(Br)cc3c2=O)cc1OC. The molecule has 0 fully saturated rings. The second-order valence-corrected chi connectivity index (χ2v) is 9.24. The van der Waals surface area contributed by atoms with E-state index in [0.29, 0.717) is 38.3 Å². The van der Waals surface area contributed by atoms with Gasteiger partial charge in [0, 0.05) is 10.4 Å². The highest BCUT2D eigenvalue weighted by atomic mass is 79.9. The van der Waals surface area contributed by atoms with Crippen molar-refractivity contribution in [3.63, 3.8) is 0 Å². The molecule has 0 aliphatic carbocycles. The van der Waals surface area contributed by atoms with Crippen LogP contribution in [0.2, 0.25) is 0 Å². The van der Waals surface area contributed by atoms with Crippen molar-refractivity contribution in [1.82, 2.24) is 9.66 Å². The van der Waals surface area contributed by atoms with Gasteiger partial charge in [0.25, 0.3) is 5.56 Å². The van der Waals surface area contributed by atoms with Crippen molar-refractivity contribution in [3.05, 3.63) is 61.0 Å². The van der Waals surface area contributed by atoms with Gasteiger partial charge in [0.15, 0.2) is 17.6 Å². The van der Waals surface area contributed by atoms with Crippen LogP contribution in [0.4, 0.5) is 0 Å². The van der Waals surface area contributed by atoms with Crippen molar-refractivity contribution >= 4 is 54.9 Å². The number of aromatic nitrogens is 2. The molecule has 2 aromatic carbocycles. The van der Waals surface area contributed by atoms with Crippen LogP contribution in [-0.2, 0) is 9.53 Å². The lowest BCUT2D eigenvalue weighted by Crippen LogP contribution is -2.25. The maximum Gasteiger partial charge on any atom is 0.346 e. The Bertz CT molecular complexity index is 1290. The topological polar surface area (TPSA) is 92.0 Å². The summed E-state index contributed by atoms with van der Waals surface area (Å²) in [5, 5.41) is 4.90. The Balaban J connectivity index is 2.05. The Hall–Kier alpha value is -2.72. The fourth-order valence-electron chi connectivity index (χ4n) is 3.10. The van der Waals surface area contributed by atoms with Crippen molar-refractivity contribution < 1.29 is 19.0 Å². The normalized spacial score (nSPS) is 12.4. The lowest BCUT2D eigenvalue weighted by atomic mass is 10.2. The molecule has 10 heteroatoms. The van der Waals surface area contributed by atoms with Crippen molar-refractivity contribution in [3.8, 4) is 11.5 Å². The van der Waals surface area contributed by atoms with Crippen LogP contribution in [0.3, 0.4) is 0 Å². The van der Waals surface area contributed by atoms with Crippen LogP contribution < -0.4 is 15.0 Å². The number of halogens is 2. The number of esters is 1. The maximum atomic E-state index is 13.2. The number of benzene rings is 2. The predicted octanol–water partition coefficient (Wildman–Crippen LogP) is 4.88. The van der Waals surface area contributed by atoms with Crippen molar-refractivity contribution in [2.45, 2.75) is 32.8 Å². The van der Waals surface area contributed by atoms with Crippen LogP contribution in [0.15, 0.2) is 49.2 Å². The van der Waals surface area contributed by atoms with Gasteiger partial charge in [0.1, 0.15) is 5.82 Å². The Morgan fingerprint density at radius 2 is 1.88 bits per heavy atom. The molecule has 3 aromatic rings. The molecule has 33 heavy (non-hydrogen) atoms. The summed E-state index contributed by atoms with van der Waals surface area (Å²) < 4.78 is 18.5. The Labute approximate surface area is 207 Å². The molecule has 0 unspecified atom stereocenters. The molecule has 0 saturated carbocycles. The number of nitrogens with zero attached hydrogens (tertiary/aromatic N) is 3. The van der Waals surface area contributed by atoms with Crippen molar-refractivity contribution in [2.24, 2.45) is 5.10 Å². The molecule has 0 radical (unpaired) electrons. The number of hydrogen-bond acceptors (Lipinski definition) is 7. The third kappa shape index (κ3) is 5.44. The van der Waals surface area contributed by atoms with Crippen molar-refractivity contribution in [2.75, 3.05) is 14.2 Å². The summed E-state index contributed by atoms with van der Waals surface area (Å²) in [6.45, 7) is 5.48. The van der Waals surface area contributed by atoms with Crippen molar-refractivity contribution in [1.29, 1.82) is 0 Å². The van der Waals surface area contributed by atoms with Crippen LogP contribution in [0.25, 0.3) is 10.9 Å². The van der Waals surface area contributed by atoms with Gasteiger partial charge in [-0.25, -0.2) is 9.78 Å². The quantitative estimate of drug-likeness (QED) is 0.292. The van der Waals surface area contributed by atoms with E-state index in [9.17, 15) is 9.59 Å². The molecule has 0 spiro atoms. The molecule has 174 valence electrons. The first-order valence-corrected chi connectivity index (χ1v) is 11.6. The summed E-state index contributed by atoms with van der Waals surface area (Å²) in [5.41, 5.74) is 0.996. The Morgan fingerprint density at radius 1 is 1.15 bits per heavy atom. The number of carbonyl (C=O) groups excluding carboxylic acids is 1. The highest BCUT2D eigenvalue weighted by Crippen LogP contribution is 2.37. The zero-order valence-corrected chi connectivity index (χ0v) is 21.9. The summed E-state index contributed by atoms with van der Waals surface area (Å²) in [6, 6.07) is 8.82. The van der Waals surface area contributed by atoms with E-state index in [1.807, 2.05) is 19.9 Å². The highest BCUT2D eigenvalue weighted by molar-refractivity contribution is 9.10. The summed E-state index contributed by atoms with van der Waals surface area (Å²) in [7, 11) is 2.78. The molecule has 3 rings (SSSR count). The Morgan fingerprint density at radius 3 is 2.52 bits per heavy atom. The van der Waals surface area contributed by atoms with Gasteiger partial charge in [-0.15, -0.1) is 0 Å². The number of rotatable bonds is 7. The van der Waals surface area contributed by atoms with E-state index in [1.54, 1.807) is 37.4 Å². The number of fused-ring (bicyclic) bond motifs is 1. The lowest BCUT2D eigenvalue weighted by Gasteiger charge is -2.17. The minimum Gasteiger partial charge on any atom is -0.493 e. The zero-order valence-electron chi connectivity index (χ0n) is 18.8. The summed E-state index contributed by atoms with van der Waals surface area (Å²) in [5.74, 6) is 0.748. The van der Waals surface area contributed by atoms with Gasteiger partial charge in [-0.1, -0.05) is 29.8 Å². The fourth-order valence-corrected chi connectivity index (χ4v) is 4.01. The molecule has 0 N–H and O–H groups in total. The van der Waals surface area contributed by atoms with Gasteiger partial charge < -0.3 is 14.2 Å². The molecule has 0 amide bonds. The van der Waals surface area contributed by atoms with Gasteiger partial charge in [0.05, 0.1) is 35.8 Å². The molecular weight excluding hydrogens is 558 g/mol. The van der Waals surface area contributed by atoms with E-state index < -0.39 is 12.1 Å². The number of methoxy groups -OCH3 is 2. The average molecular weight is 581 g/mol. The van der Waals surface area contributed by atoms with Gasteiger partial charge in [-0.2, -0.15) is 9.78 Å². The molecule has 0 saturated heterocycles. The Kier molecular flexibility index (Phi) is 7.91. The van der Waals surface area contributed by atoms with E-state index in [2.05, 4.69) is 41.9 Å². The summed E-state index contributed by atoms with van der Waals surface area (Å²) >= 11 is 6.85. The summed E-state index contributed by atoms with van der Waals surface area (Å²) in [4.78, 5) is 29.5. The minimum atomic E-state index is -0.824. The average Bonchev–Trinajstić information content (AvgIpc) is 2.79. The monoisotopic (exact) mass is 579 g/mol. The first kappa shape index (κ1) is 24.9. The predicted molar refractivity (Wildman–Crippen MR) is 134 cm³/mol. The molecule has 1 atom stereocenters. The van der Waals surface area contributed by atoms with Gasteiger partial charge in [0.2, 0.25) is 0 Å². The lowest BCUT2D eigenvalue weighted by molar-refractivity contribution is -0.147. The number of carbonyl (C=O) groups is 1. The minimum absolute atomic E-state index is 0.0280. The van der Waals surface area contributed by atoms with Gasteiger partial charge >= 0.3 is 5.97 Å². The van der Waals surface area contributed by atoms with E-state index in [0.717, 1.165) is 4.47 Å². The third-order valence-electron chi connectivity index (χ3n) is 4.75. The smallest absolute Gasteiger partial charge is 0.346 e. The molecule has 8 nitrogen and oxygen atoms in total. The first-order valence-electron chi connectivity index (χ1n) is 10.0. The van der Waals surface area contributed by atoms with E-state index in [1.165, 1.54) is 18.9 Å². The van der Waals surface area contributed by atoms with Crippen LogP contribution >= 0.6 is 31.9 Å². The summed E-state index contributed by atoms with van der Waals surface area (Å²) in [6.07, 6.45) is 0.717. The third-order valence-corrected chi connectivity index (χ3v) is 5.83. The standard InChI is InChI=1S/C23H23Br2N3O5/c1-12(2)21-27-18-7-6-15(24)10-16(18)22(29)28(21)26-11-14-8-17(25)20(19(9-14)31-4)33-13(3)23(30)32-5/h6-13H,1-5H3/t13-/m1/s1. The van der Waals surface area contributed by atoms with Crippen LogP contribution in [0.5, 0.6) is 11.5 Å². The molecule has 1 heterocycles. The van der Waals surface area contributed by atoms with E-state index in [4.69, 9.17) is 14.2 Å². The van der Waals surface area contributed by atoms with Crippen LogP contribution in [0, 0.1) is 0 Å². The molecule has 0 aliphatic heterocycles. The number of ether oxygens (including phenoxy) is 3. The number of hydrogen-bond donors (Lipinski definition) is 0. The highest BCUT2D eigenvalue weighted by Gasteiger charge is 2.20. The molecule has 0 bridgehead atoms. The second kappa shape index (κ2) is 10.5. The fraction of sp³-hybridized carbons (Fsp3) is 0.304. The second-order valence-electron chi connectivity index (χ2n) is 7.47. The maximum absolute atomic E-state index is 13.2. The largest absolute Gasteiger partial charge is 0.493 e. The van der Waals surface area contributed by atoms with Gasteiger partial charge in [-0.3, -0.25) is 4.79 Å². The first-order chi connectivity index (χ1) is 15.7.